The summed E-state index contributed by atoms with van der Waals surface area (Å²) in [7, 11) is 0. The Hall–Kier alpha value is -1.02. The van der Waals surface area contributed by atoms with Crippen LogP contribution in [0.5, 0.6) is 0 Å². The molecule has 0 radical (unpaired) electrons. The van der Waals surface area contributed by atoms with Crippen LogP contribution in [0.15, 0.2) is 28.9 Å². The monoisotopic (exact) mass is 194 g/mol. The van der Waals surface area contributed by atoms with E-state index >= 15 is 0 Å². The fraction of sp³-hybridized carbons (Fsp3) is 0.500. The van der Waals surface area contributed by atoms with Crippen molar-refractivity contribution in [2.75, 3.05) is 0 Å². The lowest BCUT2D eigenvalue weighted by atomic mass is 10.0. The molecule has 0 aliphatic carbocycles. The van der Waals surface area contributed by atoms with Crippen molar-refractivity contribution >= 4 is 0 Å². The lowest BCUT2D eigenvalue weighted by Gasteiger charge is -2.09. The van der Waals surface area contributed by atoms with Gasteiger partial charge in [-0.2, -0.15) is 0 Å². The molecule has 1 atom stereocenters. The number of furan rings is 1. The second-order valence-corrected chi connectivity index (χ2v) is 3.66. The molecule has 0 aliphatic heterocycles. The highest BCUT2D eigenvalue weighted by molar-refractivity contribution is 5.20. The summed E-state index contributed by atoms with van der Waals surface area (Å²) in [6.45, 7) is 7.81. The quantitative estimate of drug-likeness (QED) is 0.730. The van der Waals surface area contributed by atoms with Gasteiger partial charge in [-0.05, 0) is 25.8 Å². The maximum Gasteiger partial charge on any atom is 0.109 e. The predicted molar refractivity (Wildman–Crippen MR) is 57.1 cm³/mol. The van der Waals surface area contributed by atoms with Crippen molar-refractivity contribution in [2.45, 2.75) is 39.2 Å². The van der Waals surface area contributed by atoms with E-state index in [0.717, 1.165) is 36.2 Å². The zero-order valence-corrected chi connectivity index (χ0v) is 8.92. The molecular weight excluding hydrogens is 176 g/mol. The average Bonchev–Trinajstić information content (AvgIpc) is 2.61. The molecule has 0 saturated heterocycles. The van der Waals surface area contributed by atoms with Gasteiger partial charge in [-0.3, -0.25) is 0 Å². The Bertz CT molecular complexity index is 299. The highest BCUT2D eigenvalue weighted by atomic mass is 16.3. The zero-order chi connectivity index (χ0) is 10.6. The van der Waals surface area contributed by atoms with Gasteiger partial charge in [-0.25, -0.2) is 0 Å². The van der Waals surface area contributed by atoms with Crippen LogP contribution >= 0.6 is 0 Å². The Morgan fingerprint density at radius 3 is 2.93 bits per heavy atom. The minimum Gasteiger partial charge on any atom is -0.469 e. The Morgan fingerprint density at radius 2 is 2.36 bits per heavy atom. The SMILES string of the molecule is C=C(C)CCC(O)c1ccoc1CC. The van der Waals surface area contributed by atoms with Gasteiger partial charge in [0, 0.05) is 12.0 Å². The lowest BCUT2D eigenvalue weighted by molar-refractivity contribution is 0.165. The third-order valence-corrected chi connectivity index (χ3v) is 2.30. The molecule has 2 heteroatoms. The van der Waals surface area contributed by atoms with E-state index in [0.29, 0.717) is 0 Å². The number of aliphatic hydroxyl groups excluding tert-OH is 1. The van der Waals surface area contributed by atoms with Gasteiger partial charge in [0.2, 0.25) is 0 Å². The second-order valence-electron chi connectivity index (χ2n) is 3.66. The maximum atomic E-state index is 9.87. The van der Waals surface area contributed by atoms with Gasteiger partial charge in [0.25, 0.3) is 0 Å². The van der Waals surface area contributed by atoms with Crippen LogP contribution in [0.1, 0.15) is 44.1 Å². The van der Waals surface area contributed by atoms with Crippen LogP contribution < -0.4 is 0 Å². The van der Waals surface area contributed by atoms with Gasteiger partial charge in [0.05, 0.1) is 12.4 Å². The number of hydrogen-bond acceptors (Lipinski definition) is 2. The van der Waals surface area contributed by atoms with Gasteiger partial charge in [-0.1, -0.05) is 12.5 Å². The van der Waals surface area contributed by atoms with Crippen molar-refractivity contribution in [3.05, 3.63) is 35.8 Å². The first-order valence-electron chi connectivity index (χ1n) is 5.03. The highest BCUT2D eigenvalue weighted by Gasteiger charge is 2.13. The molecule has 0 spiro atoms. The summed E-state index contributed by atoms with van der Waals surface area (Å²) < 4.78 is 5.26. The van der Waals surface area contributed by atoms with E-state index in [-0.39, 0.29) is 0 Å². The summed E-state index contributed by atoms with van der Waals surface area (Å²) in [4.78, 5) is 0. The number of rotatable bonds is 5. The standard InChI is InChI=1S/C12H18O2/c1-4-12-10(7-8-14-12)11(13)6-5-9(2)3/h7-8,11,13H,2,4-6H2,1,3H3. The van der Waals surface area contributed by atoms with E-state index in [9.17, 15) is 5.11 Å². The van der Waals surface area contributed by atoms with Gasteiger partial charge >= 0.3 is 0 Å². The first kappa shape index (κ1) is 11.1. The van der Waals surface area contributed by atoms with Crippen LogP contribution in [0.25, 0.3) is 0 Å². The molecule has 0 amide bonds. The molecule has 0 aliphatic rings. The van der Waals surface area contributed by atoms with Crippen LogP contribution in [0.2, 0.25) is 0 Å². The Kier molecular flexibility index (Phi) is 3.96. The van der Waals surface area contributed by atoms with Crippen LogP contribution in [0.3, 0.4) is 0 Å². The van der Waals surface area contributed by atoms with Crippen molar-refractivity contribution in [2.24, 2.45) is 0 Å². The van der Waals surface area contributed by atoms with Crippen molar-refractivity contribution in [3.8, 4) is 0 Å². The summed E-state index contributed by atoms with van der Waals surface area (Å²) in [6, 6.07) is 1.85. The van der Waals surface area contributed by atoms with E-state index in [4.69, 9.17) is 4.42 Å². The number of aryl methyl sites for hydroxylation is 1. The highest BCUT2D eigenvalue weighted by Crippen LogP contribution is 2.24. The first-order valence-corrected chi connectivity index (χ1v) is 5.03. The summed E-state index contributed by atoms with van der Waals surface area (Å²) in [6.07, 6.45) is 3.63. The summed E-state index contributed by atoms with van der Waals surface area (Å²) >= 11 is 0. The molecule has 0 bridgehead atoms. The van der Waals surface area contributed by atoms with E-state index in [1.165, 1.54) is 0 Å². The fourth-order valence-electron chi connectivity index (χ4n) is 1.47. The Morgan fingerprint density at radius 1 is 1.64 bits per heavy atom. The van der Waals surface area contributed by atoms with Gasteiger partial charge in [0.1, 0.15) is 5.76 Å². The molecule has 2 nitrogen and oxygen atoms in total. The molecule has 1 rings (SSSR count). The number of allylic oxidation sites excluding steroid dienone is 1. The summed E-state index contributed by atoms with van der Waals surface area (Å²) in [5.74, 6) is 0.888. The average molecular weight is 194 g/mol. The predicted octanol–water partition coefficient (Wildman–Crippen LogP) is 3.23. The van der Waals surface area contributed by atoms with Gasteiger partial charge in [0.15, 0.2) is 0 Å². The number of aliphatic hydroxyl groups is 1. The molecule has 0 aromatic carbocycles. The molecule has 1 aromatic heterocycles. The fourth-order valence-corrected chi connectivity index (χ4v) is 1.47. The van der Waals surface area contributed by atoms with E-state index < -0.39 is 6.10 Å². The Balaban J connectivity index is 2.59. The largest absolute Gasteiger partial charge is 0.469 e. The van der Waals surface area contributed by atoms with E-state index in [2.05, 4.69) is 6.58 Å². The zero-order valence-electron chi connectivity index (χ0n) is 8.92. The van der Waals surface area contributed by atoms with Gasteiger partial charge in [-0.15, -0.1) is 6.58 Å². The van der Waals surface area contributed by atoms with Crippen LogP contribution in [0, 0.1) is 0 Å². The number of hydrogen-bond donors (Lipinski definition) is 1. The molecule has 1 N–H and O–H groups in total. The Labute approximate surface area is 85.2 Å². The molecule has 14 heavy (non-hydrogen) atoms. The molecule has 78 valence electrons. The topological polar surface area (TPSA) is 33.4 Å². The summed E-state index contributed by atoms with van der Waals surface area (Å²) in [5, 5.41) is 9.87. The molecular formula is C12H18O2. The molecule has 1 unspecified atom stereocenters. The van der Waals surface area contributed by atoms with Crippen LogP contribution in [-0.4, -0.2) is 5.11 Å². The van der Waals surface area contributed by atoms with E-state index in [1.807, 2.05) is 19.9 Å². The lowest BCUT2D eigenvalue weighted by Crippen LogP contribution is -1.99. The molecule has 1 heterocycles. The minimum absolute atomic E-state index is 0.416. The first-order chi connectivity index (χ1) is 6.65. The maximum absolute atomic E-state index is 9.87. The second kappa shape index (κ2) is 5.01. The van der Waals surface area contributed by atoms with Crippen LogP contribution in [0.4, 0.5) is 0 Å². The van der Waals surface area contributed by atoms with E-state index in [1.54, 1.807) is 6.26 Å². The third kappa shape index (κ3) is 2.74. The molecule has 0 fully saturated rings. The molecule has 1 aromatic rings. The summed E-state index contributed by atoms with van der Waals surface area (Å²) in [5.41, 5.74) is 2.03. The van der Waals surface area contributed by atoms with Gasteiger partial charge < -0.3 is 9.52 Å². The van der Waals surface area contributed by atoms with Crippen molar-refractivity contribution in [1.82, 2.24) is 0 Å². The van der Waals surface area contributed by atoms with Crippen molar-refractivity contribution in [1.29, 1.82) is 0 Å². The van der Waals surface area contributed by atoms with Crippen LogP contribution in [-0.2, 0) is 6.42 Å². The normalized spacial score (nSPS) is 12.8. The molecule has 0 saturated carbocycles. The van der Waals surface area contributed by atoms with Crippen molar-refractivity contribution in [3.63, 3.8) is 0 Å². The minimum atomic E-state index is -0.416. The smallest absolute Gasteiger partial charge is 0.109 e. The van der Waals surface area contributed by atoms with Crippen molar-refractivity contribution < 1.29 is 9.52 Å². The third-order valence-electron chi connectivity index (χ3n) is 2.30.